The Balaban J connectivity index is 1.90. The third-order valence-corrected chi connectivity index (χ3v) is 2.65. The van der Waals surface area contributed by atoms with Crippen LogP contribution in [0.25, 0.3) is 0 Å². The highest BCUT2D eigenvalue weighted by Crippen LogP contribution is 1.97. The highest BCUT2D eigenvalue weighted by atomic mass is 16.2. The first-order valence-corrected chi connectivity index (χ1v) is 5.79. The Labute approximate surface area is 109 Å². The molecule has 2 heterocycles. The van der Waals surface area contributed by atoms with E-state index in [0.29, 0.717) is 24.3 Å². The maximum atomic E-state index is 11.8. The van der Waals surface area contributed by atoms with Crippen molar-refractivity contribution in [2.45, 2.75) is 6.54 Å². The smallest absolute Gasteiger partial charge is 0.251 e. The molecule has 19 heavy (non-hydrogen) atoms. The first-order chi connectivity index (χ1) is 9.06. The zero-order valence-electron chi connectivity index (χ0n) is 10.5. The van der Waals surface area contributed by atoms with Crippen LogP contribution in [0.2, 0.25) is 0 Å². The summed E-state index contributed by atoms with van der Waals surface area (Å²) in [4.78, 5) is 23.2. The molecule has 7 nitrogen and oxygen atoms in total. The van der Waals surface area contributed by atoms with Crippen molar-refractivity contribution < 1.29 is 4.79 Å². The minimum Gasteiger partial charge on any atom is -0.396 e. The number of rotatable bonds is 4. The number of anilines is 1. The molecule has 0 saturated carbocycles. The van der Waals surface area contributed by atoms with Crippen molar-refractivity contribution in [3.05, 3.63) is 46.6 Å². The number of carbonyl (C=O) groups excluding carboxylic acids is 1. The lowest BCUT2D eigenvalue weighted by molar-refractivity contribution is 0.0951. The van der Waals surface area contributed by atoms with Crippen LogP contribution < -0.4 is 16.6 Å². The highest BCUT2D eigenvalue weighted by molar-refractivity contribution is 5.93. The van der Waals surface area contributed by atoms with E-state index < -0.39 is 0 Å². The fourth-order valence-electron chi connectivity index (χ4n) is 1.58. The van der Waals surface area contributed by atoms with Crippen molar-refractivity contribution in [3.8, 4) is 0 Å². The monoisotopic (exact) mass is 261 g/mol. The summed E-state index contributed by atoms with van der Waals surface area (Å²) in [6.45, 7) is 0.933. The van der Waals surface area contributed by atoms with Gasteiger partial charge >= 0.3 is 0 Å². The SMILES string of the molecule is Cn1ccc(C(=O)NCCn2cc(N)cn2)cc1=O. The summed E-state index contributed by atoms with van der Waals surface area (Å²) >= 11 is 0. The van der Waals surface area contributed by atoms with Crippen molar-refractivity contribution in [1.82, 2.24) is 19.7 Å². The van der Waals surface area contributed by atoms with E-state index in [-0.39, 0.29) is 11.5 Å². The van der Waals surface area contributed by atoms with Crippen LogP contribution in [0.3, 0.4) is 0 Å². The Morgan fingerprint density at radius 3 is 2.95 bits per heavy atom. The van der Waals surface area contributed by atoms with Crippen LogP contribution in [0.4, 0.5) is 5.69 Å². The third-order valence-electron chi connectivity index (χ3n) is 2.65. The average Bonchev–Trinajstić information content (AvgIpc) is 2.78. The molecule has 1 amide bonds. The van der Waals surface area contributed by atoms with Gasteiger partial charge in [0.05, 0.1) is 18.4 Å². The van der Waals surface area contributed by atoms with Crippen molar-refractivity contribution in [2.75, 3.05) is 12.3 Å². The van der Waals surface area contributed by atoms with Gasteiger partial charge in [-0.05, 0) is 6.07 Å². The van der Waals surface area contributed by atoms with Gasteiger partial charge in [-0.3, -0.25) is 14.3 Å². The minimum absolute atomic E-state index is 0.215. The molecule has 0 aliphatic heterocycles. The van der Waals surface area contributed by atoms with Gasteiger partial charge in [0.25, 0.3) is 11.5 Å². The third kappa shape index (κ3) is 3.21. The van der Waals surface area contributed by atoms with E-state index in [2.05, 4.69) is 10.4 Å². The molecule has 0 saturated heterocycles. The van der Waals surface area contributed by atoms with Crippen LogP contribution in [0, 0.1) is 0 Å². The lowest BCUT2D eigenvalue weighted by Crippen LogP contribution is -2.29. The molecule has 0 atom stereocenters. The number of pyridine rings is 1. The maximum absolute atomic E-state index is 11.8. The fraction of sp³-hybridized carbons (Fsp3) is 0.250. The summed E-state index contributed by atoms with van der Waals surface area (Å²) in [5.74, 6) is -0.280. The summed E-state index contributed by atoms with van der Waals surface area (Å²) < 4.78 is 3.04. The van der Waals surface area contributed by atoms with Crippen molar-refractivity contribution >= 4 is 11.6 Å². The molecule has 0 fully saturated rings. The number of nitrogens with one attached hydrogen (secondary N) is 1. The molecule has 0 aliphatic rings. The van der Waals surface area contributed by atoms with Crippen LogP contribution in [-0.4, -0.2) is 26.8 Å². The van der Waals surface area contributed by atoms with Gasteiger partial charge in [0.1, 0.15) is 0 Å². The van der Waals surface area contributed by atoms with Crippen molar-refractivity contribution in [1.29, 1.82) is 0 Å². The van der Waals surface area contributed by atoms with E-state index in [0.717, 1.165) is 0 Å². The molecule has 3 N–H and O–H groups in total. The molecule has 0 bridgehead atoms. The number of hydrogen-bond donors (Lipinski definition) is 2. The van der Waals surface area contributed by atoms with Gasteiger partial charge in [0, 0.05) is 37.6 Å². The normalized spacial score (nSPS) is 10.4. The first kappa shape index (κ1) is 12.9. The van der Waals surface area contributed by atoms with Gasteiger partial charge in [-0.1, -0.05) is 0 Å². The second-order valence-electron chi connectivity index (χ2n) is 4.16. The lowest BCUT2D eigenvalue weighted by Gasteiger charge is -2.05. The molecular weight excluding hydrogens is 246 g/mol. The number of hydrogen-bond acceptors (Lipinski definition) is 4. The van der Waals surface area contributed by atoms with E-state index >= 15 is 0 Å². The summed E-state index contributed by atoms with van der Waals surface area (Å²) in [5.41, 5.74) is 6.24. The average molecular weight is 261 g/mol. The first-order valence-electron chi connectivity index (χ1n) is 5.79. The number of carbonyl (C=O) groups is 1. The molecule has 2 rings (SSSR count). The Hall–Kier alpha value is -2.57. The Morgan fingerprint density at radius 2 is 2.32 bits per heavy atom. The van der Waals surface area contributed by atoms with Gasteiger partial charge in [0.2, 0.25) is 0 Å². The molecule has 2 aromatic rings. The Bertz CT molecular complexity index is 644. The van der Waals surface area contributed by atoms with E-state index in [9.17, 15) is 9.59 Å². The van der Waals surface area contributed by atoms with Gasteiger partial charge in [-0.25, -0.2) is 0 Å². The number of aryl methyl sites for hydroxylation is 1. The number of nitrogens with two attached hydrogens (primary N) is 1. The number of amides is 1. The molecule has 0 unspecified atom stereocenters. The van der Waals surface area contributed by atoms with Crippen LogP contribution in [0.1, 0.15) is 10.4 Å². The maximum Gasteiger partial charge on any atom is 0.251 e. The number of aromatic nitrogens is 3. The van der Waals surface area contributed by atoms with Gasteiger partial charge in [-0.15, -0.1) is 0 Å². The van der Waals surface area contributed by atoms with Gasteiger partial charge in [0.15, 0.2) is 0 Å². The molecule has 0 aliphatic carbocycles. The quantitative estimate of drug-likeness (QED) is 0.782. The second kappa shape index (κ2) is 5.38. The largest absolute Gasteiger partial charge is 0.396 e. The molecule has 0 radical (unpaired) electrons. The number of nitrogen functional groups attached to an aromatic ring is 1. The molecular formula is C12H15N5O2. The Kier molecular flexibility index (Phi) is 3.65. The van der Waals surface area contributed by atoms with Crippen LogP contribution >= 0.6 is 0 Å². The summed E-state index contributed by atoms with van der Waals surface area (Å²) in [6, 6.07) is 2.91. The fourth-order valence-corrected chi connectivity index (χ4v) is 1.58. The number of nitrogens with zero attached hydrogens (tertiary/aromatic N) is 3. The molecule has 0 spiro atoms. The zero-order chi connectivity index (χ0) is 13.8. The predicted molar refractivity (Wildman–Crippen MR) is 70.7 cm³/mol. The predicted octanol–water partition coefficient (Wildman–Crippen LogP) is -0.406. The Morgan fingerprint density at radius 1 is 1.53 bits per heavy atom. The molecule has 2 aromatic heterocycles. The summed E-state index contributed by atoms with van der Waals surface area (Å²) in [5, 5.41) is 6.71. The standard InChI is InChI=1S/C12H15N5O2/c1-16-4-2-9(6-11(16)18)12(19)14-3-5-17-8-10(13)7-15-17/h2,4,6-8H,3,5,13H2,1H3,(H,14,19). The lowest BCUT2D eigenvalue weighted by atomic mass is 10.2. The zero-order valence-corrected chi connectivity index (χ0v) is 10.5. The van der Waals surface area contributed by atoms with Crippen molar-refractivity contribution in [2.24, 2.45) is 7.05 Å². The van der Waals surface area contributed by atoms with Crippen LogP contribution in [0.5, 0.6) is 0 Å². The van der Waals surface area contributed by atoms with E-state index in [1.165, 1.54) is 10.6 Å². The van der Waals surface area contributed by atoms with Crippen molar-refractivity contribution in [3.63, 3.8) is 0 Å². The highest BCUT2D eigenvalue weighted by Gasteiger charge is 2.06. The molecule has 0 aromatic carbocycles. The summed E-state index contributed by atoms with van der Waals surface area (Å²) in [6.07, 6.45) is 4.79. The molecule has 7 heteroatoms. The van der Waals surface area contributed by atoms with Crippen LogP contribution in [-0.2, 0) is 13.6 Å². The van der Waals surface area contributed by atoms with E-state index in [4.69, 9.17) is 5.73 Å². The molecule has 100 valence electrons. The minimum atomic E-state index is -0.280. The van der Waals surface area contributed by atoms with E-state index in [1.807, 2.05) is 0 Å². The van der Waals surface area contributed by atoms with E-state index in [1.54, 1.807) is 36.4 Å². The van der Waals surface area contributed by atoms with Crippen LogP contribution in [0.15, 0.2) is 35.5 Å². The second-order valence-corrected chi connectivity index (χ2v) is 4.16. The van der Waals surface area contributed by atoms with Gasteiger partial charge in [-0.2, -0.15) is 5.10 Å². The summed E-state index contributed by atoms with van der Waals surface area (Å²) in [7, 11) is 1.63. The van der Waals surface area contributed by atoms with Gasteiger partial charge < -0.3 is 15.6 Å². The topological polar surface area (TPSA) is 94.9 Å².